The van der Waals surface area contributed by atoms with Gasteiger partial charge in [0.1, 0.15) is 11.6 Å². The third-order valence-corrected chi connectivity index (χ3v) is 1.92. The van der Waals surface area contributed by atoms with Gasteiger partial charge in [0.2, 0.25) is 0 Å². The Balaban J connectivity index is 0.00000121. The Kier molecular flexibility index (Phi) is 4.67. The zero-order valence-electron chi connectivity index (χ0n) is 5.98. The van der Waals surface area contributed by atoms with E-state index in [1.54, 1.807) is 0 Å². The fourth-order valence-electron chi connectivity index (χ4n) is 0.720. The molecule has 0 heterocycles. The van der Waals surface area contributed by atoms with Crippen LogP contribution in [-0.2, 0) is 6.54 Å². The summed E-state index contributed by atoms with van der Waals surface area (Å²) < 4.78 is 25.5. The quantitative estimate of drug-likeness (QED) is 0.770. The summed E-state index contributed by atoms with van der Waals surface area (Å²) in [5.74, 6) is -1.21. The molecular weight excluding hydrogens is 251 g/mol. The lowest BCUT2D eigenvalue weighted by Gasteiger charge is -2.00. The highest BCUT2D eigenvalue weighted by Gasteiger charge is 2.05. The number of hydrogen-bond donors (Lipinski definition) is 1. The van der Waals surface area contributed by atoms with E-state index >= 15 is 0 Å². The predicted molar refractivity (Wildman–Crippen MR) is 49.2 cm³/mol. The normalized spacial score (nSPS) is 9.33. The molecule has 0 radical (unpaired) electrons. The second-order valence-corrected chi connectivity index (χ2v) is 2.92. The highest BCUT2D eigenvalue weighted by atomic mass is 79.9. The molecule has 0 amide bonds. The average Bonchev–Trinajstić information content (AvgIpc) is 1.97. The molecule has 0 atom stereocenters. The summed E-state index contributed by atoms with van der Waals surface area (Å²) in [7, 11) is 0. The van der Waals surface area contributed by atoms with Crippen molar-refractivity contribution in [1.29, 1.82) is 0 Å². The smallest absolute Gasteiger partial charge is 0.140 e. The van der Waals surface area contributed by atoms with E-state index in [-0.39, 0.29) is 23.4 Å². The standard InChI is InChI=1S/C7H6BrF2N.ClH/c8-5-1-4(3-11)6(9)2-7(5)10;/h1-2H,3,11H2;1H. The summed E-state index contributed by atoms with van der Waals surface area (Å²) in [6.07, 6.45) is 0. The number of benzene rings is 1. The molecule has 0 unspecified atom stereocenters. The molecule has 12 heavy (non-hydrogen) atoms. The predicted octanol–water partition coefficient (Wildman–Crippen LogP) is 2.61. The minimum atomic E-state index is -0.611. The van der Waals surface area contributed by atoms with E-state index in [0.717, 1.165) is 6.07 Å². The first kappa shape index (κ1) is 11.8. The highest BCUT2D eigenvalue weighted by molar-refractivity contribution is 9.10. The average molecular weight is 258 g/mol. The fraction of sp³-hybridized carbons (Fsp3) is 0.143. The topological polar surface area (TPSA) is 26.0 Å². The summed E-state index contributed by atoms with van der Waals surface area (Å²) in [6, 6.07) is 2.15. The Bertz CT molecular complexity index is 280. The van der Waals surface area contributed by atoms with Gasteiger partial charge in [-0.3, -0.25) is 0 Å². The number of rotatable bonds is 1. The molecule has 2 N–H and O–H groups in total. The van der Waals surface area contributed by atoms with Crippen LogP contribution in [0, 0.1) is 11.6 Å². The van der Waals surface area contributed by atoms with Crippen molar-refractivity contribution in [2.75, 3.05) is 0 Å². The van der Waals surface area contributed by atoms with Gasteiger partial charge in [-0.25, -0.2) is 8.78 Å². The fourth-order valence-corrected chi connectivity index (χ4v) is 1.11. The van der Waals surface area contributed by atoms with E-state index in [2.05, 4.69) is 15.9 Å². The molecule has 1 rings (SSSR count). The van der Waals surface area contributed by atoms with Gasteiger partial charge in [-0.1, -0.05) is 0 Å². The summed E-state index contributed by atoms with van der Waals surface area (Å²) in [4.78, 5) is 0. The van der Waals surface area contributed by atoms with E-state index in [4.69, 9.17) is 5.73 Å². The first-order valence-electron chi connectivity index (χ1n) is 2.98. The van der Waals surface area contributed by atoms with Crippen molar-refractivity contribution in [3.63, 3.8) is 0 Å². The lowest BCUT2D eigenvalue weighted by atomic mass is 10.2. The molecule has 0 aliphatic rings. The lowest BCUT2D eigenvalue weighted by Crippen LogP contribution is -2.00. The minimum absolute atomic E-state index is 0. The SMILES string of the molecule is Cl.NCc1cc(Br)c(F)cc1F. The van der Waals surface area contributed by atoms with E-state index in [1.807, 2.05) is 0 Å². The van der Waals surface area contributed by atoms with E-state index in [1.165, 1.54) is 6.07 Å². The lowest BCUT2D eigenvalue weighted by molar-refractivity contribution is 0.568. The van der Waals surface area contributed by atoms with Crippen molar-refractivity contribution >= 4 is 28.3 Å². The van der Waals surface area contributed by atoms with Gasteiger partial charge < -0.3 is 5.73 Å². The van der Waals surface area contributed by atoms with Crippen molar-refractivity contribution in [1.82, 2.24) is 0 Å². The Morgan fingerprint density at radius 2 is 1.83 bits per heavy atom. The molecule has 0 saturated carbocycles. The summed E-state index contributed by atoms with van der Waals surface area (Å²) in [5.41, 5.74) is 5.49. The maximum absolute atomic E-state index is 12.7. The largest absolute Gasteiger partial charge is 0.326 e. The van der Waals surface area contributed by atoms with E-state index in [0.29, 0.717) is 5.56 Å². The van der Waals surface area contributed by atoms with Gasteiger partial charge >= 0.3 is 0 Å². The minimum Gasteiger partial charge on any atom is -0.326 e. The maximum atomic E-state index is 12.7. The Morgan fingerprint density at radius 1 is 1.25 bits per heavy atom. The van der Waals surface area contributed by atoms with Gasteiger partial charge in [0.25, 0.3) is 0 Å². The molecule has 0 fully saturated rings. The van der Waals surface area contributed by atoms with Crippen molar-refractivity contribution in [2.24, 2.45) is 5.73 Å². The highest BCUT2D eigenvalue weighted by Crippen LogP contribution is 2.19. The van der Waals surface area contributed by atoms with Crippen LogP contribution in [-0.4, -0.2) is 0 Å². The van der Waals surface area contributed by atoms with Gasteiger partial charge in [-0.15, -0.1) is 12.4 Å². The van der Waals surface area contributed by atoms with Crippen molar-refractivity contribution < 1.29 is 8.78 Å². The van der Waals surface area contributed by atoms with Crippen LogP contribution in [0.15, 0.2) is 16.6 Å². The van der Waals surface area contributed by atoms with Gasteiger partial charge in [-0.05, 0) is 22.0 Å². The summed E-state index contributed by atoms with van der Waals surface area (Å²) in [5, 5.41) is 0. The third kappa shape index (κ3) is 2.40. The van der Waals surface area contributed by atoms with Crippen LogP contribution < -0.4 is 5.73 Å². The Morgan fingerprint density at radius 3 is 2.33 bits per heavy atom. The molecule has 0 aromatic heterocycles. The Hall–Kier alpha value is -0.190. The summed E-state index contributed by atoms with van der Waals surface area (Å²) >= 11 is 2.92. The molecule has 68 valence electrons. The number of nitrogens with two attached hydrogens (primary N) is 1. The van der Waals surface area contributed by atoms with Gasteiger partial charge in [0.05, 0.1) is 4.47 Å². The van der Waals surface area contributed by atoms with Crippen molar-refractivity contribution in [3.05, 3.63) is 33.8 Å². The molecule has 0 bridgehead atoms. The van der Waals surface area contributed by atoms with Crippen LogP contribution >= 0.6 is 28.3 Å². The zero-order chi connectivity index (χ0) is 8.43. The number of hydrogen-bond acceptors (Lipinski definition) is 1. The molecule has 0 aliphatic carbocycles. The molecular formula is C7H7BrClF2N. The molecule has 1 aromatic rings. The third-order valence-electron chi connectivity index (χ3n) is 1.31. The van der Waals surface area contributed by atoms with Crippen LogP contribution in [0.3, 0.4) is 0 Å². The Labute approximate surface area is 83.5 Å². The van der Waals surface area contributed by atoms with Gasteiger partial charge in [-0.2, -0.15) is 0 Å². The second-order valence-electron chi connectivity index (χ2n) is 2.06. The van der Waals surface area contributed by atoms with Crippen LogP contribution in [0.2, 0.25) is 0 Å². The van der Waals surface area contributed by atoms with Crippen molar-refractivity contribution in [3.8, 4) is 0 Å². The van der Waals surface area contributed by atoms with Crippen LogP contribution in [0.1, 0.15) is 5.56 Å². The van der Waals surface area contributed by atoms with E-state index in [9.17, 15) is 8.78 Å². The molecule has 1 aromatic carbocycles. The zero-order valence-corrected chi connectivity index (χ0v) is 8.38. The first-order chi connectivity index (χ1) is 5.15. The molecule has 0 aliphatic heterocycles. The van der Waals surface area contributed by atoms with Crippen molar-refractivity contribution in [2.45, 2.75) is 6.54 Å². The molecule has 0 saturated heterocycles. The summed E-state index contributed by atoms with van der Waals surface area (Å²) in [6.45, 7) is 0.0741. The van der Waals surface area contributed by atoms with Crippen LogP contribution in [0.4, 0.5) is 8.78 Å². The molecule has 0 spiro atoms. The second kappa shape index (κ2) is 4.74. The molecule has 1 nitrogen and oxygen atoms in total. The monoisotopic (exact) mass is 257 g/mol. The van der Waals surface area contributed by atoms with Crippen LogP contribution in [0.5, 0.6) is 0 Å². The van der Waals surface area contributed by atoms with Gasteiger partial charge in [0.15, 0.2) is 0 Å². The molecule has 5 heteroatoms. The van der Waals surface area contributed by atoms with E-state index < -0.39 is 11.6 Å². The maximum Gasteiger partial charge on any atom is 0.140 e. The van der Waals surface area contributed by atoms with Gasteiger partial charge in [0, 0.05) is 18.2 Å². The number of halogens is 4. The first-order valence-corrected chi connectivity index (χ1v) is 3.78. The van der Waals surface area contributed by atoms with Crippen LogP contribution in [0.25, 0.3) is 0 Å².